The van der Waals surface area contributed by atoms with Crippen LogP contribution in [-0.2, 0) is 11.2 Å². The van der Waals surface area contributed by atoms with Crippen molar-refractivity contribution in [3.8, 4) is 11.5 Å². The largest absolute Gasteiger partial charge is 0.497 e. The Morgan fingerprint density at radius 2 is 2.00 bits per heavy atom. The molecule has 0 N–H and O–H groups in total. The van der Waals surface area contributed by atoms with E-state index in [1.165, 1.54) is 5.56 Å². The van der Waals surface area contributed by atoms with Gasteiger partial charge in [-0.25, -0.2) is 0 Å². The van der Waals surface area contributed by atoms with Gasteiger partial charge in [0.15, 0.2) is 0 Å². The zero-order valence-corrected chi connectivity index (χ0v) is 15.4. The Morgan fingerprint density at radius 1 is 1.19 bits per heavy atom. The average Bonchev–Trinajstić information content (AvgIpc) is 3.08. The second kappa shape index (κ2) is 7.02. The van der Waals surface area contributed by atoms with E-state index in [9.17, 15) is 4.79 Å². The maximum atomic E-state index is 13.1. The lowest BCUT2D eigenvalue weighted by Gasteiger charge is -2.31. The predicted molar refractivity (Wildman–Crippen MR) is 101 cm³/mol. The molecular weight excluding hydrogens is 326 g/mol. The highest BCUT2D eigenvalue weighted by molar-refractivity contribution is 5.80. The lowest BCUT2D eigenvalue weighted by molar-refractivity contribution is -0.137. The fraction of sp³-hybridized carbons (Fsp3) is 0.409. The first kappa shape index (κ1) is 17.0. The molecule has 1 fully saturated rings. The summed E-state index contributed by atoms with van der Waals surface area (Å²) >= 11 is 0. The Balaban J connectivity index is 1.46. The zero-order chi connectivity index (χ0) is 18.1. The SMILES string of the molecule is COc1ccc2c(c1)OC[C@H](C(=O)N1CC[C@@H](c3ccccc3)[C@@H]1C)C2. The molecule has 136 valence electrons. The molecule has 3 atom stereocenters. The Morgan fingerprint density at radius 3 is 2.77 bits per heavy atom. The number of hydrogen-bond acceptors (Lipinski definition) is 3. The molecule has 2 aromatic carbocycles. The van der Waals surface area contributed by atoms with E-state index >= 15 is 0 Å². The summed E-state index contributed by atoms with van der Waals surface area (Å²) in [6, 6.07) is 16.6. The molecule has 2 heterocycles. The first-order valence-electron chi connectivity index (χ1n) is 9.32. The van der Waals surface area contributed by atoms with E-state index in [2.05, 4.69) is 36.1 Å². The maximum Gasteiger partial charge on any atom is 0.229 e. The van der Waals surface area contributed by atoms with E-state index in [1.54, 1.807) is 7.11 Å². The fourth-order valence-corrected chi connectivity index (χ4v) is 4.27. The monoisotopic (exact) mass is 351 g/mol. The lowest BCUT2D eigenvalue weighted by Crippen LogP contribution is -2.43. The topological polar surface area (TPSA) is 38.8 Å². The van der Waals surface area contributed by atoms with Crippen LogP contribution in [0.2, 0.25) is 0 Å². The summed E-state index contributed by atoms with van der Waals surface area (Å²) in [6.07, 6.45) is 1.76. The number of nitrogens with zero attached hydrogens (tertiary/aromatic N) is 1. The van der Waals surface area contributed by atoms with Crippen molar-refractivity contribution in [2.75, 3.05) is 20.3 Å². The highest BCUT2D eigenvalue weighted by atomic mass is 16.5. The number of amides is 1. The maximum absolute atomic E-state index is 13.1. The minimum Gasteiger partial charge on any atom is -0.497 e. The molecule has 4 nitrogen and oxygen atoms in total. The summed E-state index contributed by atoms with van der Waals surface area (Å²) < 4.78 is 11.1. The highest BCUT2D eigenvalue weighted by Crippen LogP contribution is 2.36. The van der Waals surface area contributed by atoms with Crippen molar-refractivity contribution < 1.29 is 14.3 Å². The van der Waals surface area contributed by atoms with E-state index in [1.807, 2.05) is 24.3 Å². The molecule has 0 aliphatic carbocycles. The molecule has 2 aliphatic heterocycles. The van der Waals surface area contributed by atoms with Crippen LogP contribution in [0.1, 0.15) is 30.4 Å². The molecule has 0 unspecified atom stereocenters. The number of hydrogen-bond donors (Lipinski definition) is 0. The van der Waals surface area contributed by atoms with Gasteiger partial charge in [0.05, 0.1) is 13.0 Å². The van der Waals surface area contributed by atoms with Crippen molar-refractivity contribution in [1.82, 2.24) is 4.90 Å². The molecular formula is C22H25NO3. The van der Waals surface area contributed by atoms with Crippen molar-refractivity contribution in [1.29, 1.82) is 0 Å². The Labute approximate surface area is 154 Å². The predicted octanol–water partition coefficient (Wildman–Crippen LogP) is 3.65. The minimum atomic E-state index is -0.104. The van der Waals surface area contributed by atoms with E-state index in [4.69, 9.17) is 9.47 Å². The van der Waals surface area contributed by atoms with E-state index < -0.39 is 0 Å². The van der Waals surface area contributed by atoms with Gasteiger partial charge in [-0.1, -0.05) is 36.4 Å². The summed E-state index contributed by atoms with van der Waals surface area (Å²) in [6.45, 7) is 3.44. The van der Waals surface area contributed by atoms with Crippen molar-refractivity contribution in [2.24, 2.45) is 5.92 Å². The summed E-state index contributed by atoms with van der Waals surface area (Å²) in [7, 11) is 1.65. The number of rotatable bonds is 3. The van der Waals surface area contributed by atoms with Gasteiger partial charge in [-0.05, 0) is 37.0 Å². The zero-order valence-electron chi connectivity index (χ0n) is 15.4. The molecule has 0 spiro atoms. The Hall–Kier alpha value is -2.49. The van der Waals surface area contributed by atoms with Gasteiger partial charge >= 0.3 is 0 Å². The standard InChI is InChI=1S/C22H25NO3/c1-15-20(16-6-4-3-5-7-16)10-11-23(15)22(24)18-12-17-8-9-19(25-2)13-21(17)26-14-18/h3-9,13,15,18,20H,10-12,14H2,1-2H3/t15-,18+,20+/m0/s1. The summed E-state index contributed by atoms with van der Waals surface area (Å²) in [4.78, 5) is 15.2. The number of methoxy groups -OCH3 is 1. The average molecular weight is 351 g/mol. The van der Waals surface area contributed by atoms with Gasteiger partial charge in [-0.2, -0.15) is 0 Å². The van der Waals surface area contributed by atoms with E-state index in [0.29, 0.717) is 12.5 Å². The summed E-state index contributed by atoms with van der Waals surface area (Å²) in [5.41, 5.74) is 2.41. The van der Waals surface area contributed by atoms with Gasteiger partial charge in [-0.15, -0.1) is 0 Å². The van der Waals surface area contributed by atoms with Crippen LogP contribution in [0.15, 0.2) is 48.5 Å². The first-order chi connectivity index (χ1) is 12.7. The van der Waals surface area contributed by atoms with Crippen LogP contribution >= 0.6 is 0 Å². The van der Waals surface area contributed by atoms with Crippen LogP contribution < -0.4 is 9.47 Å². The Bertz CT molecular complexity index is 789. The number of ether oxygens (including phenoxy) is 2. The lowest BCUT2D eigenvalue weighted by atomic mass is 9.92. The Kier molecular flexibility index (Phi) is 4.58. The van der Waals surface area contributed by atoms with E-state index in [0.717, 1.165) is 36.4 Å². The van der Waals surface area contributed by atoms with Gasteiger partial charge in [0.25, 0.3) is 0 Å². The first-order valence-corrected chi connectivity index (χ1v) is 9.32. The molecule has 26 heavy (non-hydrogen) atoms. The quantitative estimate of drug-likeness (QED) is 0.847. The molecule has 2 aromatic rings. The third-order valence-corrected chi connectivity index (χ3v) is 5.80. The number of fused-ring (bicyclic) bond motifs is 1. The van der Waals surface area contributed by atoms with Crippen LogP contribution in [0.4, 0.5) is 0 Å². The van der Waals surface area contributed by atoms with Gasteiger partial charge in [0, 0.05) is 24.6 Å². The normalized spacial score (nSPS) is 24.7. The molecule has 2 aliphatic rings. The van der Waals surface area contributed by atoms with Gasteiger partial charge in [-0.3, -0.25) is 4.79 Å². The van der Waals surface area contributed by atoms with Crippen molar-refractivity contribution in [2.45, 2.75) is 31.7 Å². The molecule has 4 heteroatoms. The summed E-state index contributed by atoms with van der Waals surface area (Å²) in [5.74, 6) is 2.16. The second-order valence-corrected chi connectivity index (χ2v) is 7.26. The molecule has 0 radical (unpaired) electrons. The minimum absolute atomic E-state index is 0.104. The van der Waals surface area contributed by atoms with Gasteiger partial charge < -0.3 is 14.4 Å². The second-order valence-electron chi connectivity index (χ2n) is 7.26. The third kappa shape index (κ3) is 3.05. The number of benzene rings is 2. The van der Waals surface area contributed by atoms with Crippen LogP contribution in [0.3, 0.4) is 0 Å². The molecule has 1 amide bonds. The number of carbonyl (C=O) groups is 1. The van der Waals surface area contributed by atoms with Crippen LogP contribution in [0.5, 0.6) is 11.5 Å². The molecule has 0 saturated carbocycles. The fourth-order valence-electron chi connectivity index (χ4n) is 4.27. The van der Waals surface area contributed by atoms with Gasteiger partial charge in [0.1, 0.15) is 18.1 Å². The molecule has 1 saturated heterocycles. The molecule has 0 bridgehead atoms. The number of carbonyl (C=O) groups excluding carboxylic acids is 1. The van der Waals surface area contributed by atoms with Gasteiger partial charge in [0.2, 0.25) is 5.91 Å². The molecule has 4 rings (SSSR count). The van der Waals surface area contributed by atoms with E-state index in [-0.39, 0.29) is 17.9 Å². The smallest absolute Gasteiger partial charge is 0.229 e. The van der Waals surface area contributed by atoms with Crippen LogP contribution in [-0.4, -0.2) is 37.1 Å². The van der Waals surface area contributed by atoms with Crippen molar-refractivity contribution in [3.05, 3.63) is 59.7 Å². The van der Waals surface area contributed by atoms with Crippen molar-refractivity contribution >= 4 is 5.91 Å². The summed E-state index contributed by atoms with van der Waals surface area (Å²) in [5, 5.41) is 0. The van der Waals surface area contributed by atoms with Crippen molar-refractivity contribution in [3.63, 3.8) is 0 Å². The van der Waals surface area contributed by atoms with Crippen LogP contribution in [0, 0.1) is 5.92 Å². The molecule has 0 aromatic heterocycles. The van der Waals surface area contributed by atoms with Crippen LogP contribution in [0.25, 0.3) is 0 Å². The number of likely N-dealkylation sites (tertiary alicyclic amines) is 1. The third-order valence-electron chi connectivity index (χ3n) is 5.80. The highest BCUT2D eigenvalue weighted by Gasteiger charge is 2.38.